The lowest BCUT2D eigenvalue weighted by Crippen LogP contribution is -2.46. The maximum absolute atomic E-state index is 12.3. The molecule has 110 valence electrons. The molecule has 1 rings (SSSR count). The van der Waals surface area contributed by atoms with Gasteiger partial charge in [-0.05, 0) is 38.1 Å². The van der Waals surface area contributed by atoms with Crippen molar-refractivity contribution in [2.24, 2.45) is 23.3 Å². The van der Waals surface area contributed by atoms with Gasteiger partial charge < -0.3 is 21.7 Å². The normalized spacial score (nSPS) is 20.9. The summed E-state index contributed by atoms with van der Waals surface area (Å²) in [5.41, 5.74) is 10.5. The molecule has 6 heteroatoms. The average Bonchev–Trinajstić information content (AvgIpc) is 2.42. The Labute approximate surface area is 114 Å². The van der Waals surface area contributed by atoms with Crippen molar-refractivity contribution in [1.82, 2.24) is 10.2 Å². The van der Waals surface area contributed by atoms with Crippen molar-refractivity contribution in [1.29, 1.82) is 0 Å². The summed E-state index contributed by atoms with van der Waals surface area (Å²) in [6.45, 7) is 4.67. The number of rotatable bonds is 6. The van der Waals surface area contributed by atoms with E-state index in [2.05, 4.69) is 5.32 Å². The molecule has 3 amide bonds. The second kappa shape index (κ2) is 7.99. The molecule has 0 aromatic carbocycles. The van der Waals surface area contributed by atoms with Gasteiger partial charge >= 0.3 is 6.03 Å². The van der Waals surface area contributed by atoms with Crippen LogP contribution in [0, 0.1) is 11.8 Å². The Balaban J connectivity index is 2.40. The van der Waals surface area contributed by atoms with Crippen LogP contribution in [0.5, 0.6) is 0 Å². The van der Waals surface area contributed by atoms with Gasteiger partial charge in [-0.3, -0.25) is 4.79 Å². The van der Waals surface area contributed by atoms with Gasteiger partial charge in [0, 0.05) is 25.6 Å². The van der Waals surface area contributed by atoms with Crippen molar-refractivity contribution in [3.63, 3.8) is 0 Å². The molecule has 0 aromatic heterocycles. The van der Waals surface area contributed by atoms with E-state index in [1.165, 1.54) is 0 Å². The van der Waals surface area contributed by atoms with E-state index >= 15 is 0 Å². The molecule has 1 fully saturated rings. The van der Waals surface area contributed by atoms with E-state index in [9.17, 15) is 9.59 Å². The topological polar surface area (TPSA) is 101 Å². The van der Waals surface area contributed by atoms with Gasteiger partial charge in [0.05, 0.1) is 0 Å². The molecule has 5 N–H and O–H groups in total. The molecule has 2 unspecified atom stereocenters. The van der Waals surface area contributed by atoms with Crippen molar-refractivity contribution in [3.8, 4) is 0 Å². The zero-order valence-electron chi connectivity index (χ0n) is 11.7. The first-order valence-electron chi connectivity index (χ1n) is 7.06. The molecule has 0 radical (unpaired) electrons. The van der Waals surface area contributed by atoms with Crippen LogP contribution >= 0.6 is 0 Å². The van der Waals surface area contributed by atoms with Crippen molar-refractivity contribution in [2.45, 2.75) is 32.6 Å². The van der Waals surface area contributed by atoms with Gasteiger partial charge in [-0.1, -0.05) is 6.92 Å². The van der Waals surface area contributed by atoms with Gasteiger partial charge in [-0.2, -0.15) is 0 Å². The van der Waals surface area contributed by atoms with Crippen LogP contribution in [0.2, 0.25) is 0 Å². The van der Waals surface area contributed by atoms with Crippen LogP contribution < -0.4 is 16.8 Å². The third-order valence-corrected chi connectivity index (χ3v) is 3.66. The fraction of sp³-hybridized carbons (Fsp3) is 0.846. The molecule has 1 aliphatic heterocycles. The van der Waals surface area contributed by atoms with Gasteiger partial charge in [0.1, 0.15) is 0 Å². The Bertz CT molecular complexity index is 309. The Morgan fingerprint density at radius 1 is 1.47 bits per heavy atom. The highest BCUT2D eigenvalue weighted by Crippen LogP contribution is 2.19. The molecule has 0 aliphatic carbocycles. The largest absolute Gasteiger partial charge is 0.352 e. The molecule has 19 heavy (non-hydrogen) atoms. The molecule has 2 atom stereocenters. The van der Waals surface area contributed by atoms with Crippen molar-refractivity contribution < 1.29 is 9.59 Å². The lowest BCUT2D eigenvalue weighted by Gasteiger charge is -2.34. The average molecular weight is 270 g/mol. The standard InChI is InChI=1S/C13H26N4O2/c1-10(4-2-6-14)12(18)17-7-3-5-11(9-17)8-16-13(15)19/h10-11H,2-9,14H2,1H3,(H3,15,16,19). The quantitative estimate of drug-likeness (QED) is 0.645. The predicted molar refractivity (Wildman–Crippen MR) is 74.3 cm³/mol. The van der Waals surface area contributed by atoms with E-state index in [1.807, 2.05) is 11.8 Å². The fourth-order valence-electron chi connectivity index (χ4n) is 2.54. The lowest BCUT2D eigenvalue weighted by atomic mass is 9.95. The van der Waals surface area contributed by atoms with Gasteiger partial charge in [0.25, 0.3) is 0 Å². The van der Waals surface area contributed by atoms with Crippen molar-refractivity contribution in [2.75, 3.05) is 26.2 Å². The molecule has 6 nitrogen and oxygen atoms in total. The smallest absolute Gasteiger partial charge is 0.312 e. The van der Waals surface area contributed by atoms with E-state index in [4.69, 9.17) is 11.5 Å². The van der Waals surface area contributed by atoms with Crippen LogP contribution in [0.25, 0.3) is 0 Å². The van der Waals surface area contributed by atoms with E-state index in [1.54, 1.807) is 0 Å². The van der Waals surface area contributed by atoms with E-state index in [0.717, 1.165) is 32.2 Å². The number of urea groups is 1. The number of likely N-dealkylation sites (tertiary alicyclic amines) is 1. The molecule has 0 aromatic rings. The number of amides is 3. The number of primary amides is 1. The van der Waals surface area contributed by atoms with Gasteiger partial charge in [-0.15, -0.1) is 0 Å². The van der Waals surface area contributed by atoms with Crippen molar-refractivity contribution >= 4 is 11.9 Å². The number of piperidine rings is 1. The summed E-state index contributed by atoms with van der Waals surface area (Å²) in [5, 5.41) is 2.62. The summed E-state index contributed by atoms with van der Waals surface area (Å²) in [7, 11) is 0. The first kappa shape index (κ1) is 15.8. The number of carbonyl (C=O) groups is 2. The number of hydrogen-bond acceptors (Lipinski definition) is 3. The zero-order valence-corrected chi connectivity index (χ0v) is 11.7. The Morgan fingerprint density at radius 3 is 2.84 bits per heavy atom. The zero-order chi connectivity index (χ0) is 14.3. The van der Waals surface area contributed by atoms with Gasteiger partial charge in [-0.25, -0.2) is 4.79 Å². The molecular formula is C13H26N4O2. The highest BCUT2D eigenvalue weighted by molar-refractivity contribution is 5.78. The van der Waals surface area contributed by atoms with E-state index < -0.39 is 6.03 Å². The highest BCUT2D eigenvalue weighted by atomic mass is 16.2. The van der Waals surface area contributed by atoms with Crippen LogP contribution in [-0.4, -0.2) is 43.0 Å². The minimum Gasteiger partial charge on any atom is -0.352 e. The Kier molecular flexibility index (Phi) is 6.62. The monoisotopic (exact) mass is 270 g/mol. The van der Waals surface area contributed by atoms with Crippen LogP contribution in [0.3, 0.4) is 0 Å². The SMILES string of the molecule is CC(CCCN)C(=O)N1CCCC(CNC(N)=O)C1. The maximum atomic E-state index is 12.3. The second-order valence-corrected chi connectivity index (χ2v) is 5.37. The summed E-state index contributed by atoms with van der Waals surface area (Å²) < 4.78 is 0. The number of hydrogen-bond donors (Lipinski definition) is 3. The summed E-state index contributed by atoms with van der Waals surface area (Å²) >= 11 is 0. The summed E-state index contributed by atoms with van der Waals surface area (Å²) in [4.78, 5) is 24.9. The third-order valence-electron chi connectivity index (χ3n) is 3.66. The second-order valence-electron chi connectivity index (χ2n) is 5.37. The van der Waals surface area contributed by atoms with Gasteiger partial charge in [0.2, 0.25) is 5.91 Å². The van der Waals surface area contributed by atoms with E-state index in [-0.39, 0.29) is 11.8 Å². The number of nitrogens with one attached hydrogen (secondary N) is 1. The molecular weight excluding hydrogens is 244 g/mol. The summed E-state index contributed by atoms with van der Waals surface area (Å²) in [6.07, 6.45) is 3.74. The minimum atomic E-state index is -0.500. The number of nitrogens with zero attached hydrogens (tertiary/aromatic N) is 1. The predicted octanol–water partition coefficient (Wildman–Crippen LogP) is 0.268. The first-order valence-corrected chi connectivity index (χ1v) is 7.06. The molecule has 0 bridgehead atoms. The first-order chi connectivity index (χ1) is 9.04. The van der Waals surface area contributed by atoms with Crippen LogP contribution in [0.4, 0.5) is 4.79 Å². The minimum absolute atomic E-state index is 0.0337. The van der Waals surface area contributed by atoms with Crippen LogP contribution in [0.1, 0.15) is 32.6 Å². The van der Waals surface area contributed by atoms with Crippen LogP contribution in [0.15, 0.2) is 0 Å². The third kappa shape index (κ3) is 5.46. The molecule has 1 heterocycles. The van der Waals surface area contributed by atoms with Gasteiger partial charge in [0.15, 0.2) is 0 Å². The molecule has 0 saturated carbocycles. The highest BCUT2D eigenvalue weighted by Gasteiger charge is 2.26. The fourth-order valence-corrected chi connectivity index (χ4v) is 2.54. The Hall–Kier alpha value is -1.30. The number of nitrogens with two attached hydrogens (primary N) is 2. The van der Waals surface area contributed by atoms with Crippen LogP contribution in [-0.2, 0) is 4.79 Å². The Morgan fingerprint density at radius 2 is 2.21 bits per heavy atom. The molecule has 0 spiro atoms. The summed E-state index contributed by atoms with van der Waals surface area (Å²) in [6, 6.07) is -0.500. The molecule has 1 saturated heterocycles. The maximum Gasteiger partial charge on any atom is 0.312 e. The summed E-state index contributed by atoms with van der Waals surface area (Å²) in [5.74, 6) is 0.551. The number of carbonyl (C=O) groups excluding carboxylic acids is 2. The van der Waals surface area contributed by atoms with Crippen molar-refractivity contribution in [3.05, 3.63) is 0 Å². The lowest BCUT2D eigenvalue weighted by molar-refractivity contribution is -0.137. The molecule has 1 aliphatic rings. The van der Waals surface area contributed by atoms with E-state index in [0.29, 0.717) is 25.6 Å².